The Labute approximate surface area is 82.6 Å². The summed E-state index contributed by atoms with van der Waals surface area (Å²) in [5, 5.41) is 13.0. The van der Waals surface area contributed by atoms with Crippen LogP contribution in [-0.4, -0.2) is 21.5 Å². The standard InChI is InChI=1S/C11H12N2O/c14-9-8-13-11(6-7-12-13)10-4-2-1-3-5-10/h1-7,14H,8-9H2. The van der Waals surface area contributed by atoms with E-state index in [1.807, 2.05) is 36.4 Å². The van der Waals surface area contributed by atoms with E-state index in [2.05, 4.69) is 5.10 Å². The highest BCUT2D eigenvalue weighted by molar-refractivity contribution is 5.58. The van der Waals surface area contributed by atoms with E-state index in [0.29, 0.717) is 6.54 Å². The van der Waals surface area contributed by atoms with Crippen LogP contribution in [0.1, 0.15) is 0 Å². The number of hydrogen-bond donors (Lipinski definition) is 1. The van der Waals surface area contributed by atoms with E-state index in [-0.39, 0.29) is 6.61 Å². The van der Waals surface area contributed by atoms with Crippen LogP contribution in [0.25, 0.3) is 11.3 Å². The molecule has 0 unspecified atom stereocenters. The molecule has 0 bridgehead atoms. The Morgan fingerprint density at radius 2 is 1.93 bits per heavy atom. The molecule has 14 heavy (non-hydrogen) atoms. The maximum Gasteiger partial charge on any atom is 0.0683 e. The Morgan fingerprint density at radius 3 is 2.64 bits per heavy atom. The van der Waals surface area contributed by atoms with Gasteiger partial charge in [-0.2, -0.15) is 5.10 Å². The summed E-state index contributed by atoms with van der Waals surface area (Å²) >= 11 is 0. The van der Waals surface area contributed by atoms with Crippen molar-refractivity contribution in [2.45, 2.75) is 6.54 Å². The maximum atomic E-state index is 8.85. The number of aliphatic hydroxyl groups is 1. The van der Waals surface area contributed by atoms with E-state index < -0.39 is 0 Å². The number of aromatic nitrogens is 2. The molecule has 0 amide bonds. The number of aliphatic hydroxyl groups excluding tert-OH is 1. The van der Waals surface area contributed by atoms with E-state index in [1.54, 1.807) is 10.9 Å². The van der Waals surface area contributed by atoms with E-state index in [9.17, 15) is 0 Å². The SMILES string of the molecule is OCCn1nccc1-c1ccccc1. The van der Waals surface area contributed by atoms with Crippen molar-refractivity contribution >= 4 is 0 Å². The van der Waals surface area contributed by atoms with Crippen LogP contribution in [0.5, 0.6) is 0 Å². The molecule has 0 fully saturated rings. The average molecular weight is 188 g/mol. The van der Waals surface area contributed by atoms with E-state index in [0.717, 1.165) is 11.3 Å². The molecule has 2 aromatic rings. The third kappa shape index (κ3) is 1.67. The molecular weight excluding hydrogens is 176 g/mol. The molecule has 0 atom stereocenters. The number of hydrogen-bond acceptors (Lipinski definition) is 2. The van der Waals surface area contributed by atoms with Gasteiger partial charge in [0.05, 0.1) is 18.8 Å². The van der Waals surface area contributed by atoms with Gasteiger partial charge in [0.25, 0.3) is 0 Å². The van der Waals surface area contributed by atoms with Crippen molar-refractivity contribution in [1.82, 2.24) is 9.78 Å². The van der Waals surface area contributed by atoms with Gasteiger partial charge in [-0.3, -0.25) is 4.68 Å². The van der Waals surface area contributed by atoms with Crippen LogP contribution in [0.15, 0.2) is 42.6 Å². The van der Waals surface area contributed by atoms with Crippen molar-refractivity contribution in [2.24, 2.45) is 0 Å². The molecule has 1 aromatic heterocycles. The van der Waals surface area contributed by atoms with Gasteiger partial charge in [-0.15, -0.1) is 0 Å². The van der Waals surface area contributed by atoms with Crippen LogP contribution in [0.2, 0.25) is 0 Å². The zero-order valence-electron chi connectivity index (χ0n) is 7.80. The molecule has 3 nitrogen and oxygen atoms in total. The third-order valence-corrected chi connectivity index (χ3v) is 2.10. The largest absolute Gasteiger partial charge is 0.394 e. The first-order chi connectivity index (χ1) is 6.92. The van der Waals surface area contributed by atoms with Crippen LogP contribution in [0.4, 0.5) is 0 Å². The van der Waals surface area contributed by atoms with Crippen molar-refractivity contribution in [3.05, 3.63) is 42.6 Å². The number of nitrogens with zero attached hydrogens (tertiary/aromatic N) is 2. The summed E-state index contributed by atoms with van der Waals surface area (Å²) in [5.74, 6) is 0. The van der Waals surface area contributed by atoms with Crippen molar-refractivity contribution in [2.75, 3.05) is 6.61 Å². The molecular formula is C11H12N2O. The molecule has 0 aliphatic heterocycles. The zero-order chi connectivity index (χ0) is 9.80. The summed E-state index contributed by atoms with van der Waals surface area (Å²) in [6, 6.07) is 12.0. The summed E-state index contributed by atoms with van der Waals surface area (Å²) in [6.07, 6.45) is 1.75. The van der Waals surface area contributed by atoms with Crippen LogP contribution in [0.3, 0.4) is 0 Å². The van der Waals surface area contributed by atoms with Gasteiger partial charge < -0.3 is 5.11 Å². The molecule has 0 spiro atoms. The van der Waals surface area contributed by atoms with Gasteiger partial charge in [0.2, 0.25) is 0 Å². The molecule has 3 heteroatoms. The maximum absolute atomic E-state index is 8.85. The zero-order valence-corrected chi connectivity index (χ0v) is 7.80. The quantitative estimate of drug-likeness (QED) is 0.793. The Hall–Kier alpha value is -1.61. The lowest BCUT2D eigenvalue weighted by atomic mass is 10.1. The van der Waals surface area contributed by atoms with Gasteiger partial charge >= 0.3 is 0 Å². The van der Waals surface area contributed by atoms with E-state index in [1.165, 1.54) is 0 Å². The van der Waals surface area contributed by atoms with E-state index in [4.69, 9.17) is 5.11 Å². The Kier molecular flexibility index (Phi) is 2.60. The normalized spacial score (nSPS) is 10.4. The molecule has 0 radical (unpaired) electrons. The van der Waals surface area contributed by atoms with Crippen LogP contribution in [-0.2, 0) is 6.54 Å². The van der Waals surface area contributed by atoms with Crippen LogP contribution in [0, 0.1) is 0 Å². The minimum absolute atomic E-state index is 0.113. The summed E-state index contributed by atoms with van der Waals surface area (Å²) < 4.78 is 1.80. The lowest BCUT2D eigenvalue weighted by Gasteiger charge is -2.04. The smallest absolute Gasteiger partial charge is 0.0683 e. The highest BCUT2D eigenvalue weighted by atomic mass is 16.3. The minimum Gasteiger partial charge on any atom is -0.394 e. The van der Waals surface area contributed by atoms with Crippen LogP contribution < -0.4 is 0 Å². The minimum atomic E-state index is 0.113. The van der Waals surface area contributed by atoms with Crippen molar-refractivity contribution < 1.29 is 5.11 Å². The molecule has 0 saturated carbocycles. The second-order valence-electron chi connectivity index (χ2n) is 3.03. The summed E-state index contributed by atoms with van der Waals surface area (Å²) in [5.41, 5.74) is 2.16. The van der Waals surface area contributed by atoms with Gasteiger partial charge in [-0.05, 0) is 11.6 Å². The first kappa shape index (κ1) is 8.97. The summed E-state index contributed by atoms with van der Waals surface area (Å²) in [7, 11) is 0. The van der Waals surface area contributed by atoms with Gasteiger partial charge in [0.1, 0.15) is 0 Å². The van der Waals surface area contributed by atoms with Crippen molar-refractivity contribution in [1.29, 1.82) is 0 Å². The molecule has 1 aromatic carbocycles. The van der Waals surface area contributed by atoms with Gasteiger partial charge in [-0.1, -0.05) is 30.3 Å². The van der Waals surface area contributed by atoms with Gasteiger partial charge in [-0.25, -0.2) is 0 Å². The second kappa shape index (κ2) is 4.07. The molecule has 0 saturated heterocycles. The second-order valence-corrected chi connectivity index (χ2v) is 3.03. The summed E-state index contributed by atoms with van der Waals surface area (Å²) in [6.45, 7) is 0.652. The fraction of sp³-hybridized carbons (Fsp3) is 0.182. The van der Waals surface area contributed by atoms with Gasteiger partial charge in [0, 0.05) is 6.20 Å². The highest BCUT2D eigenvalue weighted by Gasteiger charge is 2.02. The Morgan fingerprint density at radius 1 is 1.14 bits per heavy atom. The fourth-order valence-electron chi connectivity index (χ4n) is 1.46. The van der Waals surface area contributed by atoms with Crippen molar-refractivity contribution in [3.8, 4) is 11.3 Å². The lowest BCUT2D eigenvalue weighted by Crippen LogP contribution is -2.05. The molecule has 1 heterocycles. The average Bonchev–Trinajstić information content (AvgIpc) is 2.68. The fourth-order valence-corrected chi connectivity index (χ4v) is 1.46. The predicted molar refractivity (Wildman–Crippen MR) is 54.7 cm³/mol. The Balaban J connectivity index is 2.37. The topological polar surface area (TPSA) is 38.0 Å². The Bertz CT molecular complexity index is 395. The summed E-state index contributed by atoms with van der Waals surface area (Å²) in [4.78, 5) is 0. The third-order valence-electron chi connectivity index (χ3n) is 2.10. The predicted octanol–water partition coefficient (Wildman–Crippen LogP) is 1.54. The molecule has 1 N–H and O–H groups in total. The van der Waals surface area contributed by atoms with Crippen LogP contribution >= 0.6 is 0 Å². The first-order valence-corrected chi connectivity index (χ1v) is 4.60. The van der Waals surface area contributed by atoms with Crippen molar-refractivity contribution in [3.63, 3.8) is 0 Å². The molecule has 0 aliphatic rings. The molecule has 0 aliphatic carbocycles. The molecule has 2 rings (SSSR count). The number of benzene rings is 1. The molecule has 72 valence electrons. The van der Waals surface area contributed by atoms with E-state index >= 15 is 0 Å². The highest BCUT2D eigenvalue weighted by Crippen LogP contribution is 2.17. The number of rotatable bonds is 3. The van der Waals surface area contributed by atoms with Gasteiger partial charge in [0.15, 0.2) is 0 Å². The first-order valence-electron chi connectivity index (χ1n) is 4.60. The lowest BCUT2D eigenvalue weighted by molar-refractivity contribution is 0.270. The monoisotopic (exact) mass is 188 g/mol.